The number of likely N-dealkylation sites (tertiary alicyclic amines) is 1. The van der Waals surface area contributed by atoms with Gasteiger partial charge in [-0.15, -0.1) is 12.4 Å². The van der Waals surface area contributed by atoms with Crippen molar-refractivity contribution in [1.29, 1.82) is 0 Å². The standard InChI is InChI=1S/C23H29N3O3.ClH/c1-23(2,3)22(29)26-12-6-9-19(26)21(28)25-18(20(24)27)14-15-10-11-16-7-4-5-8-17(16)13-15;/h4-5,7-8,10-11,13,18-19H,6,9,12,14H2,1-3H3,(H2,24,27)(H,25,28);1H/t18?,19-;/m0./s1. The number of rotatable bonds is 5. The number of halogens is 1. The van der Waals surface area contributed by atoms with Gasteiger partial charge >= 0.3 is 0 Å². The van der Waals surface area contributed by atoms with Gasteiger partial charge in [-0.3, -0.25) is 14.4 Å². The van der Waals surface area contributed by atoms with Crippen molar-refractivity contribution in [3.8, 4) is 0 Å². The fourth-order valence-electron chi connectivity index (χ4n) is 3.81. The molecule has 1 heterocycles. The van der Waals surface area contributed by atoms with Crippen molar-refractivity contribution in [2.75, 3.05) is 6.54 Å². The molecule has 3 amide bonds. The van der Waals surface area contributed by atoms with Gasteiger partial charge in [0.15, 0.2) is 0 Å². The second-order valence-corrected chi connectivity index (χ2v) is 8.76. The molecule has 6 nitrogen and oxygen atoms in total. The van der Waals surface area contributed by atoms with Gasteiger partial charge in [-0.25, -0.2) is 0 Å². The summed E-state index contributed by atoms with van der Waals surface area (Å²) in [5, 5.41) is 4.96. The Kier molecular flexibility index (Phi) is 7.48. The molecule has 162 valence electrons. The molecule has 3 N–H and O–H groups in total. The monoisotopic (exact) mass is 431 g/mol. The second-order valence-electron chi connectivity index (χ2n) is 8.76. The van der Waals surface area contributed by atoms with Crippen LogP contribution in [0.25, 0.3) is 10.8 Å². The lowest BCUT2D eigenvalue weighted by Gasteiger charge is -2.31. The van der Waals surface area contributed by atoms with E-state index in [1.165, 1.54) is 0 Å². The summed E-state index contributed by atoms with van der Waals surface area (Å²) in [6, 6.07) is 12.5. The van der Waals surface area contributed by atoms with Gasteiger partial charge in [0, 0.05) is 18.4 Å². The number of nitrogens with two attached hydrogens (primary N) is 1. The average molecular weight is 432 g/mol. The SMILES string of the molecule is CC(C)(C)C(=O)N1CCC[C@H]1C(=O)NC(Cc1ccc2ccccc2c1)C(N)=O.Cl. The normalized spacial score (nSPS) is 17.3. The van der Waals surface area contributed by atoms with Gasteiger partial charge < -0.3 is 16.0 Å². The molecule has 2 aromatic rings. The van der Waals surface area contributed by atoms with E-state index in [2.05, 4.69) is 5.32 Å². The van der Waals surface area contributed by atoms with Crippen LogP contribution in [0.15, 0.2) is 42.5 Å². The Bertz CT molecular complexity index is 939. The van der Waals surface area contributed by atoms with Crippen LogP contribution in [-0.2, 0) is 20.8 Å². The summed E-state index contributed by atoms with van der Waals surface area (Å²) >= 11 is 0. The van der Waals surface area contributed by atoms with Crippen LogP contribution in [0.2, 0.25) is 0 Å². The van der Waals surface area contributed by atoms with Crippen molar-refractivity contribution in [2.45, 2.75) is 52.1 Å². The highest BCUT2D eigenvalue weighted by molar-refractivity contribution is 5.93. The summed E-state index contributed by atoms with van der Waals surface area (Å²) in [5.74, 6) is -0.955. The number of nitrogens with one attached hydrogen (secondary N) is 1. The first kappa shape index (κ1) is 23.7. The number of benzene rings is 2. The lowest BCUT2D eigenvalue weighted by Crippen LogP contribution is -2.54. The summed E-state index contributed by atoms with van der Waals surface area (Å²) in [5.41, 5.74) is 5.93. The van der Waals surface area contributed by atoms with Crippen LogP contribution in [0.5, 0.6) is 0 Å². The van der Waals surface area contributed by atoms with Crippen molar-refractivity contribution in [2.24, 2.45) is 11.1 Å². The van der Waals surface area contributed by atoms with Gasteiger partial charge in [-0.1, -0.05) is 63.2 Å². The van der Waals surface area contributed by atoms with E-state index in [-0.39, 0.29) is 24.2 Å². The smallest absolute Gasteiger partial charge is 0.243 e. The number of hydrogen-bond donors (Lipinski definition) is 2. The zero-order chi connectivity index (χ0) is 21.2. The molecule has 0 radical (unpaired) electrons. The maximum atomic E-state index is 12.9. The minimum absolute atomic E-state index is 0. The first-order chi connectivity index (χ1) is 13.7. The number of primary amides is 1. The fourth-order valence-corrected chi connectivity index (χ4v) is 3.81. The number of hydrogen-bond acceptors (Lipinski definition) is 3. The van der Waals surface area contributed by atoms with Crippen molar-refractivity contribution >= 4 is 40.9 Å². The van der Waals surface area contributed by atoms with Gasteiger partial charge in [-0.2, -0.15) is 0 Å². The zero-order valence-corrected chi connectivity index (χ0v) is 18.5. The summed E-state index contributed by atoms with van der Waals surface area (Å²) in [6.45, 7) is 6.08. The summed E-state index contributed by atoms with van der Waals surface area (Å²) in [4.78, 5) is 39.2. The van der Waals surface area contributed by atoms with E-state index < -0.39 is 23.4 Å². The first-order valence-electron chi connectivity index (χ1n) is 10.1. The minimum Gasteiger partial charge on any atom is -0.368 e. The number of amides is 3. The fraction of sp³-hybridized carbons (Fsp3) is 0.435. The van der Waals surface area contributed by atoms with Crippen LogP contribution >= 0.6 is 12.4 Å². The highest BCUT2D eigenvalue weighted by Crippen LogP contribution is 2.25. The summed E-state index contributed by atoms with van der Waals surface area (Å²) in [6.07, 6.45) is 1.67. The molecule has 1 unspecified atom stereocenters. The van der Waals surface area contributed by atoms with Gasteiger partial charge in [-0.05, 0) is 29.2 Å². The molecule has 0 saturated carbocycles. The third kappa shape index (κ3) is 5.30. The van der Waals surface area contributed by atoms with E-state index in [9.17, 15) is 14.4 Å². The average Bonchev–Trinajstić information content (AvgIpc) is 3.15. The largest absolute Gasteiger partial charge is 0.368 e. The van der Waals surface area contributed by atoms with Gasteiger partial charge in [0.05, 0.1) is 0 Å². The molecular weight excluding hydrogens is 402 g/mol. The minimum atomic E-state index is -0.823. The molecule has 0 aromatic heterocycles. The molecule has 2 aromatic carbocycles. The second kappa shape index (κ2) is 9.47. The molecule has 30 heavy (non-hydrogen) atoms. The third-order valence-electron chi connectivity index (χ3n) is 5.37. The Morgan fingerprint density at radius 3 is 2.43 bits per heavy atom. The zero-order valence-electron chi connectivity index (χ0n) is 17.7. The first-order valence-corrected chi connectivity index (χ1v) is 10.1. The van der Waals surface area contributed by atoms with Crippen LogP contribution in [0.3, 0.4) is 0 Å². The van der Waals surface area contributed by atoms with Crippen molar-refractivity contribution in [3.05, 3.63) is 48.0 Å². The van der Waals surface area contributed by atoms with Crippen molar-refractivity contribution in [1.82, 2.24) is 10.2 Å². The number of fused-ring (bicyclic) bond motifs is 1. The molecule has 7 heteroatoms. The molecule has 1 aliphatic heterocycles. The number of nitrogens with zero attached hydrogens (tertiary/aromatic N) is 1. The topological polar surface area (TPSA) is 92.5 Å². The maximum absolute atomic E-state index is 12.9. The predicted molar refractivity (Wildman–Crippen MR) is 120 cm³/mol. The molecule has 1 aliphatic rings. The van der Waals surface area contributed by atoms with E-state index in [4.69, 9.17) is 5.73 Å². The molecule has 3 rings (SSSR count). The van der Waals surface area contributed by atoms with Crippen molar-refractivity contribution in [3.63, 3.8) is 0 Å². The molecule has 2 atom stereocenters. The molecular formula is C23H30ClN3O3. The van der Waals surface area contributed by atoms with E-state index in [0.717, 1.165) is 22.8 Å². The lowest BCUT2D eigenvalue weighted by atomic mass is 9.94. The summed E-state index contributed by atoms with van der Waals surface area (Å²) < 4.78 is 0. The van der Waals surface area contributed by atoms with Crippen LogP contribution in [0.1, 0.15) is 39.2 Å². The quantitative estimate of drug-likeness (QED) is 0.762. The molecule has 1 saturated heterocycles. The summed E-state index contributed by atoms with van der Waals surface area (Å²) in [7, 11) is 0. The Balaban J connectivity index is 0.00000320. The Morgan fingerprint density at radius 1 is 1.13 bits per heavy atom. The molecule has 0 spiro atoms. The lowest BCUT2D eigenvalue weighted by molar-refractivity contribution is -0.145. The Hall–Kier alpha value is -2.60. The van der Waals surface area contributed by atoms with E-state index in [1.54, 1.807) is 4.90 Å². The highest BCUT2D eigenvalue weighted by atomic mass is 35.5. The molecule has 0 bridgehead atoms. The van der Waals surface area contributed by atoms with Gasteiger partial charge in [0.25, 0.3) is 0 Å². The van der Waals surface area contributed by atoms with Crippen LogP contribution < -0.4 is 11.1 Å². The molecule has 1 fully saturated rings. The predicted octanol–water partition coefficient (Wildman–Crippen LogP) is 2.81. The third-order valence-corrected chi connectivity index (χ3v) is 5.37. The number of carbonyl (C=O) groups is 3. The van der Waals surface area contributed by atoms with Crippen molar-refractivity contribution < 1.29 is 14.4 Å². The maximum Gasteiger partial charge on any atom is 0.243 e. The number of carbonyl (C=O) groups excluding carboxylic acids is 3. The van der Waals surface area contributed by atoms with Crippen LogP contribution in [-0.4, -0.2) is 41.2 Å². The Labute approximate surface area is 183 Å². The van der Waals surface area contributed by atoms with E-state index >= 15 is 0 Å². The highest BCUT2D eigenvalue weighted by Gasteiger charge is 2.39. The van der Waals surface area contributed by atoms with E-state index in [1.807, 2.05) is 63.2 Å². The van der Waals surface area contributed by atoms with Crippen LogP contribution in [0, 0.1) is 5.41 Å². The van der Waals surface area contributed by atoms with Gasteiger partial charge in [0.1, 0.15) is 12.1 Å². The van der Waals surface area contributed by atoms with E-state index in [0.29, 0.717) is 19.4 Å². The molecule has 0 aliphatic carbocycles. The van der Waals surface area contributed by atoms with Gasteiger partial charge in [0.2, 0.25) is 17.7 Å². The Morgan fingerprint density at radius 2 is 1.80 bits per heavy atom. The van der Waals surface area contributed by atoms with Crippen LogP contribution in [0.4, 0.5) is 0 Å².